The number of hydrogen-bond acceptors (Lipinski definition) is 4. The lowest BCUT2D eigenvalue weighted by Crippen LogP contribution is -2.52. The lowest BCUT2D eigenvalue weighted by atomic mass is 10.2. The van der Waals surface area contributed by atoms with Crippen LogP contribution in [0, 0.1) is 0 Å². The lowest BCUT2D eigenvalue weighted by molar-refractivity contribution is -0.130. The van der Waals surface area contributed by atoms with Gasteiger partial charge in [-0.1, -0.05) is 131 Å². The molecule has 0 saturated carbocycles. The summed E-state index contributed by atoms with van der Waals surface area (Å²) >= 11 is 0. The molecule has 0 saturated heterocycles. The van der Waals surface area contributed by atoms with Crippen molar-refractivity contribution in [1.29, 1.82) is 0 Å². The van der Waals surface area contributed by atoms with Crippen LogP contribution in [-0.4, -0.2) is 30.9 Å². The van der Waals surface area contributed by atoms with Gasteiger partial charge in [-0.05, 0) is 73.6 Å². The van der Waals surface area contributed by atoms with Gasteiger partial charge in [-0.25, -0.2) is 4.79 Å². The molecule has 0 heterocycles. The van der Waals surface area contributed by atoms with Crippen molar-refractivity contribution in [2.45, 2.75) is 174 Å². The molecule has 1 rings (SSSR count). The van der Waals surface area contributed by atoms with Crippen molar-refractivity contribution in [3.63, 3.8) is 0 Å². The average Bonchev–Trinajstić information content (AvgIpc) is 2.86. The molecule has 0 atom stereocenters. The third-order valence-corrected chi connectivity index (χ3v) is 28.3. The first-order valence-electron chi connectivity index (χ1n) is 17.1. The Morgan fingerprint density at radius 3 is 1.16 bits per heavy atom. The Morgan fingerprint density at radius 1 is 0.512 bits per heavy atom. The fraction of sp³-hybridized carbons (Fsp3) is 0.750. The summed E-state index contributed by atoms with van der Waals surface area (Å²) in [5.74, 6) is 1.44. The van der Waals surface area contributed by atoms with E-state index in [0.29, 0.717) is 49.9 Å². The zero-order valence-electron chi connectivity index (χ0n) is 31.2. The highest BCUT2D eigenvalue weighted by Gasteiger charge is 2.50. The van der Waals surface area contributed by atoms with Gasteiger partial charge in [-0.3, -0.25) is 0 Å². The van der Waals surface area contributed by atoms with E-state index in [0.717, 1.165) is 17.1 Å². The molecule has 0 aliphatic heterocycles. The first-order valence-corrected chi connectivity index (χ1v) is 23.5. The van der Waals surface area contributed by atoms with Gasteiger partial charge in [0.15, 0.2) is 0 Å². The van der Waals surface area contributed by atoms with Gasteiger partial charge in [-0.15, -0.1) is 0 Å². The Morgan fingerprint density at radius 2 is 0.837 bits per heavy atom. The molecule has 0 fully saturated rings. The Balaban J connectivity index is 3.77. The standard InChI is InChI=1S/C36H68O4Si3/c1-24(2)41(25(3)4,26(5)6)38-34-21-19-33(23-35(34)39-42(27(7)8,28(9)10)29(11)12)20-22-36(37)40-43(30(13)14,31(15)16)32(17)18/h19-32H,1-18H3. The monoisotopic (exact) mass is 648 g/mol. The highest BCUT2D eigenvalue weighted by Crippen LogP contribution is 2.49. The number of rotatable bonds is 16. The van der Waals surface area contributed by atoms with E-state index in [1.807, 2.05) is 6.08 Å². The van der Waals surface area contributed by atoms with Gasteiger partial charge in [0.2, 0.25) is 0 Å². The summed E-state index contributed by atoms with van der Waals surface area (Å²) in [6.45, 7) is 41.0. The van der Waals surface area contributed by atoms with Gasteiger partial charge >= 0.3 is 5.97 Å². The summed E-state index contributed by atoms with van der Waals surface area (Å²) in [6, 6.07) is 6.25. The molecule has 0 aliphatic rings. The highest BCUT2D eigenvalue weighted by atomic mass is 28.4. The molecule has 0 aliphatic carbocycles. The van der Waals surface area contributed by atoms with Crippen molar-refractivity contribution in [2.24, 2.45) is 0 Å². The Hall–Kier alpha value is -1.32. The maximum atomic E-state index is 13.3. The fourth-order valence-corrected chi connectivity index (χ4v) is 24.2. The molecule has 4 nitrogen and oxygen atoms in total. The molecule has 248 valence electrons. The van der Waals surface area contributed by atoms with E-state index in [1.54, 1.807) is 6.08 Å². The molecular formula is C36H68O4Si3. The SMILES string of the molecule is CC(C)[Si](OC(=O)C=Cc1ccc(O[Si](C(C)C)(C(C)C)C(C)C)c(O[Si](C(C)C)(C(C)C)C(C)C)c1)(C(C)C)C(C)C. The van der Waals surface area contributed by atoms with Crippen molar-refractivity contribution in [2.75, 3.05) is 0 Å². The quantitative estimate of drug-likeness (QED) is 0.132. The first kappa shape index (κ1) is 39.7. The second-order valence-corrected chi connectivity index (χ2v) is 31.7. The van der Waals surface area contributed by atoms with E-state index < -0.39 is 25.0 Å². The Labute approximate surface area is 270 Å². The summed E-state index contributed by atoms with van der Waals surface area (Å²) in [7, 11) is -6.80. The second kappa shape index (κ2) is 15.8. The summed E-state index contributed by atoms with van der Waals surface area (Å²) in [4.78, 5) is 13.3. The van der Waals surface area contributed by atoms with Crippen LogP contribution in [0.4, 0.5) is 0 Å². The van der Waals surface area contributed by atoms with Crippen LogP contribution in [0.3, 0.4) is 0 Å². The lowest BCUT2D eigenvalue weighted by Gasteiger charge is -2.45. The van der Waals surface area contributed by atoms with E-state index >= 15 is 0 Å². The van der Waals surface area contributed by atoms with E-state index in [4.69, 9.17) is 13.3 Å². The van der Waals surface area contributed by atoms with Crippen LogP contribution in [0.15, 0.2) is 24.3 Å². The van der Waals surface area contributed by atoms with Crippen LogP contribution >= 0.6 is 0 Å². The molecule has 0 unspecified atom stereocenters. The molecule has 0 amide bonds. The van der Waals surface area contributed by atoms with Crippen molar-refractivity contribution in [3.05, 3.63) is 29.8 Å². The fourth-order valence-electron chi connectivity index (χ4n) is 8.61. The molecule has 43 heavy (non-hydrogen) atoms. The van der Waals surface area contributed by atoms with Crippen LogP contribution in [0.1, 0.15) is 130 Å². The second-order valence-electron chi connectivity index (χ2n) is 15.6. The minimum atomic E-state index is -2.31. The highest BCUT2D eigenvalue weighted by molar-refractivity contribution is 6.79. The van der Waals surface area contributed by atoms with Crippen molar-refractivity contribution >= 4 is 37.0 Å². The van der Waals surface area contributed by atoms with E-state index in [2.05, 4.69) is 143 Å². The zero-order valence-corrected chi connectivity index (χ0v) is 34.2. The number of hydrogen-bond donors (Lipinski definition) is 0. The maximum absolute atomic E-state index is 13.3. The van der Waals surface area contributed by atoms with Crippen LogP contribution < -0.4 is 8.85 Å². The van der Waals surface area contributed by atoms with E-state index in [1.165, 1.54) is 0 Å². The average molecular weight is 649 g/mol. The Kier molecular flexibility index (Phi) is 14.6. The van der Waals surface area contributed by atoms with Crippen molar-refractivity contribution < 1.29 is 18.1 Å². The van der Waals surface area contributed by atoms with Crippen molar-refractivity contribution in [1.82, 2.24) is 0 Å². The molecule has 0 radical (unpaired) electrons. The van der Waals surface area contributed by atoms with Gasteiger partial charge in [0.05, 0.1) is 0 Å². The predicted molar refractivity (Wildman–Crippen MR) is 196 cm³/mol. The summed E-state index contributed by atoms with van der Waals surface area (Å²) < 4.78 is 21.0. The van der Waals surface area contributed by atoms with Crippen molar-refractivity contribution in [3.8, 4) is 11.5 Å². The largest absolute Gasteiger partial charge is 0.540 e. The van der Waals surface area contributed by atoms with Crippen LogP contribution in [0.2, 0.25) is 49.9 Å². The van der Waals surface area contributed by atoms with Crippen LogP contribution in [0.5, 0.6) is 11.5 Å². The number of carbonyl (C=O) groups is 1. The van der Waals surface area contributed by atoms with Crippen LogP contribution in [-0.2, 0) is 9.22 Å². The number of carbonyl (C=O) groups excluding carboxylic acids is 1. The summed E-state index contributed by atoms with van der Waals surface area (Å²) in [6.07, 6.45) is 3.50. The maximum Gasteiger partial charge on any atom is 0.317 e. The molecule has 0 aromatic heterocycles. The molecule has 0 bridgehead atoms. The minimum Gasteiger partial charge on any atom is -0.540 e. The molecule has 1 aromatic rings. The van der Waals surface area contributed by atoms with Gasteiger partial charge in [0.1, 0.15) is 11.5 Å². The summed E-state index contributed by atoms with van der Waals surface area (Å²) in [5, 5.41) is 0. The van der Waals surface area contributed by atoms with E-state index in [-0.39, 0.29) is 5.97 Å². The van der Waals surface area contributed by atoms with Gasteiger partial charge in [0, 0.05) is 6.08 Å². The van der Waals surface area contributed by atoms with Crippen LogP contribution in [0.25, 0.3) is 6.08 Å². The molecule has 0 N–H and O–H groups in total. The minimum absolute atomic E-state index is 0.244. The van der Waals surface area contributed by atoms with E-state index in [9.17, 15) is 4.79 Å². The third kappa shape index (κ3) is 8.29. The van der Waals surface area contributed by atoms with Gasteiger partial charge < -0.3 is 13.3 Å². The summed E-state index contributed by atoms with van der Waals surface area (Å²) in [5.41, 5.74) is 4.58. The topological polar surface area (TPSA) is 44.8 Å². The third-order valence-electron chi connectivity index (χ3n) is 10.4. The number of benzene rings is 1. The first-order chi connectivity index (χ1) is 19.6. The smallest absolute Gasteiger partial charge is 0.317 e. The molecule has 7 heteroatoms. The molecular weight excluding hydrogens is 581 g/mol. The molecule has 0 spiro atoms. The zero-order chi connectivity index (χ0) is 33.7. The van der Waals surface area contributed by atoms with Gasteiger partial charge in [-0.2, -0.15) is 0 Å². The predicted octanol–water partition coefficient (Wildman–Crippen LogP) is 12.5. The normalized spacial score (nSPS) is 13.8. The van der Waals surface area contributed by atoms with Gasteiger partial charge in [0.25, 0.3) is 25.0 Å². The Bertz CT molecular complexity index is 989. The molecule has 1 aromatic carbocycles.